The third-order valence-electron chi connectivity index (χ3n) is 2.78. The molecule has 20 heavy (non-hydrogen) atoms. The molecule has 0 aliphatic carbocycles. The van der Waals surface area contributed by atoms with Crippen LogP contribution in [0.3, 0.4) is 0 Å². The number of rotatable bonds is 2. The van der Waals surface area contributed by atoms with Crippen molar-refractivity contribution < 1.29 is 26.9 Å². The Bertz CT molecular complexity index is 657. The van der Waals surface area contributed by atoms with Crippen molar-refractivity contribution >= 4 is 55.3 Å². The number of aryl methyl sites for hydroxylation is 1. The van der Waals surface area contributed by atoms with Crippen LogP contribution in [0.15, 0.2) is 42.5 Å². The first-order valence-corrected chi connectivity index (χ1v) is 12.5. The molecule has 2 aromatic rings. The molecule has 2 aromatic carbocycles. The molecule has 0 fully saturated rings. The summed E-state index contributed by atoms with van der Waals surface area (Å²) in [6.07, 6.45) is 0. The maximum absolute atomic E-state index is 11.1. The van der Waals surface area contributed by atoms with Gasteiger partial charge in [-0.25, -0.2) is 0 Å². The molecule has 7 heteroatoms. The van der Waals surface area contributed by atoms with Crippen molar-refractivity contribution in [2.24, 2.45) is 0 Å². The minimum absolute atomic E-state index is 0.556. The molecule has 1 aliphatic heterocycles. The van der Waals surface area contributed by atoms with Gasteiger partial charge in [0.2, 0.25) is 0 Å². The Kier molecular flexibility index (Phi) is 4.32. The molecule has 0 aromatic heterocycles. The predicted molar refractivity (Wildman–Crippen MR) is 68.8 cm³/mol. The van der Waals surface area contributed by atoms with Crippen LogP contribution in [0.1, 0.15) is 5.56 Å². The number of fused-ring (bicyclic) bond motifs is 2. The Morgan fingerprint density at radius 2 is 1.70 bits per heavy atom. The molecule has 0 saturated carbocycles. The van der Waals surface area contributed by atoms with E-state index < -0.39 is 51.1 Å². The molecule has 3 rings (SSSR count). The predicted octanol–water partition coefficient (Wildman–Crippen LogP) is -4.02. The van der Waals surface area contributed by atoms with E-state index in [0.29, 0.717) is 0 Å². The summed E-state index contributed by atoms with van der Waals surface area (Å²) < 4.78 is 42.5. The zero-order valence-corrected chi connectivity index (χ0v) is 15.8. The summed E-state index contributed by atoms with van der Waals surface area (Å²) in [5.41, 5.74) is 1.16. The Morgan fingerprint density at radius 1 is 1.00 bits per heavy atom. The van der Waals surface area contributed by atoms with E-state index in [0.717, 1.165) is 12.8 Å². The molecule has 0 atom stereocenters. The molecular formula is C13H10ClO4Te2. The van der Waals surface area contributed by atoms with E-state index in [4.69, 9.17) is 2.65 Å². The molecule has 0 amide bonds. The van der Waals surface area contributed by atoms with Crippen molar-refractivity contribution in [1.82, 2.24) is 0 Å². The summed E-state index contributed by atoms with van der Waals surface area (Å²) in [6, 6.07) is 13.6. The van der Waals surface area contributed by atoms with E-state index in [9.17, 15) is 14.0 Å². The second-order valence-electron chi connectivity index (χ2n) is 4.16. The van der Waals surface area contributed by atoms with Crippen molar-refractivity contribution in [3.8, 4) is 0 Å². The fourth-order valence-corrected chi connectivity index (χ4v) is 15.4. The zero-order valence-electron chi connectivity index (χ0n) is 10.4. The topological polar surface area (TPSA) is 78.4 Å². The standard InChI is InChI=1S/C13H10ClO4Te2/c1-9-5-4-8-12-13(9)19-10-6-2-3-7-11(10)20(12)18-14(15,16)17/h2-8H,1H3. The molecule has 1 radical (unpaired) electrons. The molecule has 1 heterocycles. The normalized spacial score (nSPS) is 14.8. The quantitative estimate of drug-likeness (QED) is 0.378. The van der Waals surface area contributed by atoms with Gasteiger partial charge in [-0.1, -0.05) is 0 Å². The van der Waals surface area contributed by atoms with Crippen molar-refractivity contribution in [2.45, 2.75) is 6.92 Å². The second kappa shape index (κ2) is 5.74. The first-order chi connectivity index (χ1) is 9.46. The molecule has 0 saturated heterocycles. The van der Waals surface area contributed by atoms with Crippen LogP contribution in [0.5, 0.6) is 0 Å². The van der Waals surface area contributed by atoms with E-state index in [1.807, 2.05) is 49.4 Å². The molecule has 0 unspecified atom stereocenters. The Balaban J connectivity index is 2.15. The van der Waals surface area contributed by atoms with Gasteiger partial charge in [0.05, 0.1) is 0 Å². The maximum atomic E-state index is 11.1. The van der Waals surface area contributed by atoms with Gasteiger partial charge in [0.1, 0.15) is 0 Å². The Morgan fingerprint density at radius 3 is 2.45 bits per heavy atom. The Hall–Kier alpha value is 0.149. The summed E-state index contributed by atoms with van der Waals surface area (Å²) in [5.74, 6) is 0. The average molecular weight is 521 g/mol. The Labute approximate surface area is 136 Å². The van der Waals surface area contributed by atoms with Crippen LogP contribution in [0, 0.1) is 17.2 Å². The van der Waals surface area contributed by atoms with Gasteiger partial charge in [-0.2, -0.15) is 0 Å². The van der Waals surface area contributed by atoms with E-state index in [-0.39, 0.29) is 0 Å². The van der Waals surface area contributed by atoms with Gasteiger partial charge in [0.25, 0.3) is 0 Å². The molecule has 4 nitrogen and oxygen atoms in total. The van der Waals surface area contributed by atoms with Gasteiger partial charge in [-0.3, -0.25) is 0 Å². The van der Waals surface area contributed by atoms with Crippen LogP contribution >= 0.6 is 0 Å². The van der Waals surface area contributed by atoms with Crippen LogP contribution in [0.25, 0.3) is 0 Å². The summed E-state index contributed by atoms with van der Waals surface area (Å²) >= 11 is -3.38. The molecule has 0 N–H and O–H groups in total. The summed E-state index contributed by atoms with van der Waals surface area (Å²) in [4.78, 5) is 0. The third-order valence-corrected chi connectivity index (χ3v) is 16.0. The van der Waals surface area contributed by atoms with Crippen LogP contribution in [-0.2, 0) is 2.65 Å². The minimum atomic E-state index is -4.39. The number of hydrogen-bond donors (Lipinski definition) is 0. The SMILES string of the molecule is Cc1cccc2c1[Te]c1ccccc1[Te]2O[Cl+3]([O-])([O-])[O-]. The molecular weight excluding hydrogens is 511 g/mol. The first kappa shape index (κ1) is 15.1. The molecule has 0 spiro atoms. The fourth-order valence-electron chi connectivity index (χ4n) is 1.96. The number of halogens is 1. The molecule has 0 bridgehead atoms. The number of hydrogen-bond acceptors (Lipinski definition) is 4. The van der Waals surface area contributed by atoms with Crippen molar-refractivity contribution in [1.29, 1.82) is 0 Å². The molecule has 105 valence electrons. The van der Waals surface area contributed by atoms with Crippen molar-refractivity contribution in [3.05, 3.63) is 48.0 Å². The van der Waals surface area contributed by atoms with Gasteiger partial charge in [0.15, 0.2) is 0 Å². The van der Waals surface area contributed by atoms with Gasteiger partial charge in [0, 0.05) is 0 Å². The average Bonchev–Trinajstić information content (AvgIpc) is 2.38. The van der Waals surface area contributed by atoms with Crippen molar-refractivity contribution in [2.75, 3.05) is 0 Å². The van der Waals surface area contributed by atoms with E-state index >= 15 is 0 Å². The summed E-state index contributed by atoms with van der Waals surface area (Å²) in [6.45, 7) is 2.03. The summed E-state index contributed by atoms with van der Waals surface area (Å²) in [7, 11) is -4.39. The van der Waals surface area contributed by atoms with Gasteiger partial charge in [-0.05, 0) is 0 Å². The second-order valence-corrected chi connectivity index (χ2v) is 13.2. The van der Waals surface area contributed by atoms with E-state index in [2.05, 4.69) is 0 Å². The molecule has 1 aliphatic rings. The van der Waals surface area contributed by atoms with Gasteiger partial charge >= 0.3 is 137 Å². The van der Waals surface area contributed by atoms with Crippen molar-refractivity contribution in [3.63, 3.8) is 0 Å². The van der Waals surface area contributed by atoms with Gasteiger partial charge < -0.3 is 0 Å². The van der Waals surface area contributed by atoms with Crippen LogP contribution in [-0.4, -0.2) is 40.9 Å². The van der Waals surface area contributed by atoms with Crippen LogP contribution < -0.4 is 28.4 Å². The van der Waals surface area contributed by atoms with Crippen LogP contribution in [0.2, 0.25) is 0 Å². The van der Waals surface area contributed by atoms with Gasteiger partial charge in [-0.15, -0.1) is 0 Å². The van der Waals surface area contributed by atoms with E-state index in [1.165, 1.54) is 7.22 Å². The zero-order chi connectivity index (χ0) is 14.3. The fraction of sp³-hybridized carbons (Fsp3) is 0.0769. The van der Waals surface area contributed by atoms with E-state index in [1.54, 1.807) is 0 Å². The summed E-state index contributed by atoms with van der Waals surface area (Å²) in [5, 5.41) is 0. The first-order valence-electron chi connectivity index (χ1n) is 5.67. The number of benzene rings is 2. The monoisotopic (exact) mass is 525 g/mol. The third kappa shape index (κ3) is 3.00. The van der Waals surface area contributed by atoms with Crippen LogP contribution in [0.4, 0.5) is 0 Å².